The van der Waals surface area contributed by atoms with Crippen LogP contribution in [0, 0.1) is 5.92 Å². The number of hydrogen-bond donors (Lipinski definition) is 3. The molecule has 0 aliphatic carbocycles. The number of guanidine groups is 1. The SMILES string of the molecule is CN=C(NCCN1C(=O)CNC1=O)NC(C)C(C)C. The Balaban J connectivity index is 2.34. The lowest BCUT2D eigenvalue weighted by atomic mass is 10.1. The van der Waals surface area contributed by atoms with E-state index in [2.05, 4.69) is 41.7 Å². The molecule has 0 bridgehead atoms. The van der Waals surface area contributed by atoms with Gasteiger partial charge in [0.1, 0.15) is 0 Å². The van der Waals surface area contributed by atoms with Gasteiger partial charge >= 0.3 is 6.03 Å². The summed E-state index contributed by atoms with van der Waals surface area (Å²) < 4.78 is 0. The number of imide groups is 1. The fourth-order valence-corrected chi connectivity index (χ4v) is 1.54. The molecule has 1 heterocycles. The zero-order chi connectivity index (χ0) is 14.4. The lowest BCUT2D eigenvalue weighted by Crippen LogP contribution is -2.47. The van der Waals surface area contributed by atoms with Crippen LogP contribution in [0.3, 0.4) is 0 Å². The van der Waals surface area contributed by atoms with Gasteiger partial charge in [0.2, 0.25) is 5.91 Å². The van der Waals surface area contributed by atoms with E-state index in [1.807, 2.05) is 0 Å². The third-order valence-corrected chi connectivity index (χ3v) is 3.15. The molecule has 1 aliphatic heterocycles. The van der Waals surface area contributed by atoms with Crippen molar-refractivity contribution in [2.24, 2.45) is 10.9 Å². The third-order valence-electron chi connectivity index (χ3n) is 3.15. The Morgan fingerprint density at radius 2 is 2.11 bits per heavy atom. The van der Waals surface area contributed by atoms with Gasteiger partial charge in [-0.2, -0.15) is 0 Å². The number of nitrogens with zero attached hydrogens (tertiary/aromatic N) is 2. The largest absolute Gasteiger partial charge is 0.355 e. The molecule has 1 saturated heterocycles. The summed E-state index contributed by atoms with van der Waals surface area (Å²) in [7, 11) is 1.69. The Bertz CT molecular complexity index is 351. The van der Waals surface area contributed by atoms with E-state index in [1.165, 1.54) is 4.90 Å². The van der Waals surface area contributed by atoms with Crippen LogP contribution in [0.4, 0.5) is 4.79 Å². The first-order valence-electron chi connectivity index (χ1n) is 6.51. The fourth-order valence-electron chi connectivity index (χ4n) is 1.54. The van der Waals surface area contributed by atoms with Crippen molar-refractivity contribution in [1.82, 2.24) is 20.9 Å². The Morgan fingerprint density at radius 1 is 1.42 bits per heavy atom. The van der Waals surface area contributed by atoms with Crippen molar-refractivity contribution in [3.8, 4) is 0 Å². The van der Waals surface area contributed by atoms with Crippen LogP contribution in [0.15, 0.2) is 4.99 Å². The highest BCUT2D eigenvalue weighted by Crippen LogP contribution is 1.99. The van der Waals surface area contributed by atoms with Gasteiger partial charge in [-0.3, -0.25) is 14.7 Å². The average Bonchev–Trinajstić information content (AvgIpc) is 2.68. The molecule has 7 heteroatoms. The van der Waals surface area contributed by atoms with E-state index in [0.29, 0.717) is 31.0 Å². The number of amides is 3. The van der Waals surface area contributed by atoms with Crippen molar-refractivity contribution in [1.29, 1.82) is 0 Å². The Kier molecular flexibility index (Phi) is 5.59. The molecule has 1 rings (SSSR count). The second-order valence-corrected chi connectivity index (χ2v) is 4.88. The van der Waals surface area contributed by atoms with Crippen molar-refractivity contribution in [3.05, 3.63) is 0 Å². The van der Waals surface area contributed by atoms with Crippen LogP contribution in [0.1, 0.15) is 20.8 Å². The topological polar surface area (TPSA) is 85.8 Å². The molecule has 108 valence electrons. The maximum absolute atomic E-state index is 11.4. The summed E-state index contributed by atoms with van der Waals surface area (Å²) in [6.07, 6.45) is 0. The van der Waals surface area contributed by atoms with Crippen LogP contribution in [-0.4, -0.2) is 55.5 Å². The molecule has 1 fully saturated rings. The summed E-state index contributed by atoms with van der Waals surface area (Å²) in [5, 5.41) is 8.82. The van der Waals surface area contributed by atoms with Gasteiger partial charge < -0.3 is 16.0 Å². The van der Waals surface area contributed by atoms with Crippen molar-refractivity contribution < 1.29 is 9.59 Å². The summed E-state index contributed by atoms with van der Waals surface area (Å²) in [6.45, 7) is 7.23. The Labute approximate surface area is 113 Å². The number of carbonyl (C=O) groups excluding carboxylic acids is 2. The molecule has 1 aliphatic rings. The number of rotatable bonds is 5. The molecule has 7 nitrogen and oxygen atoms in total. The average molecular weight is 269 g/mol. The molecule has 1 unspecified atom stereocenters. The highest BCUT2D eigenvalue weighted by atomic mass is 16.2. The number of nitrogens with one attached hydrogen (secondary N) is 3. The summed E-state index contributed by atoms with van der Waals surface area (Å²) in [4.78, 5) is 28.0. The monoisotopic (exact) mass is 269 g/mol. The van der Waals surface area contributed by atoms with Crippen molar-refractivity contribution in [2.45, 2.75) is 26.8 Å². The molecule has 0 aromatic carbocycles. The van der Waals surface area contributed by atoms with Crippen molar-refractivity contribution in [2.75, 3.05) is 26.7 Å². The highest BCUT2D eigenvalue weighted by Gasteiger charge is 2.27. The van der Waals surface area contributed by atoms with E-state index in [4.69, 9.17) is 0 Å². The number of hydrogen-bond acceptors (Lipinski definition) is 3. The minimum atomic E-state index is -0.328. The van der Waals surface area contributed by atoms with Crippen molar-refractivity contribution >= 4 is 17.9 Å². The van der Waals surface area contributed by atoms with Gasteiger partial charge in [0.15, 0.2) is 5.96 Å². The van der Waals surface area contributed by atoms with E-state index < -0.39 is 0 Å². The van der Waals surface area contributed by atoms with E-state index in [1.54, 1.807) is 7.05 Å². The van der Waals surface area contributed by atoms with Gasteiger partial charge in [-0.15, -0.1) is 0 Å². The van der Waals surface area contributed by atoms with Crippen LogP contribution in [-0.2, 0) is 4.79 Å². The summed E-state index contributed by atoms with van der Waals surface area (Å²) in [6, 6.07) is -0.0341. The third kappa shape index (κ3) is 4.42. The summed E-state index contributed by atoms with van der Waals surface area (Å²) in [5.74, 6) is 0.975. The summed E-state index contributed by atoms with van der Waals surface area (Å²) in [5.41, 5.74) is 0. The normalized spacial score (nSPS) is 17.7. The lowest BCUT2D eigenvalue weighted by Gasteiger charge is -2.21. The number of aliphatic imine (C=N–C) groups is 1. The molecule has 1 atom stereocenters. The second kappa shape index (κ2) is 6.96. The van der Waals surface area contributed by atoms with E-state index in [-0.39, 0.29) is 18.5 Å². The van der Waals surface area contributed by atoms with Gasteiger partial charge in [0.25, 0.3) is 0 Å². The molecule has 0 saturated carbocycles. The zero-order valence-corrected chi connectivity index (χ0v) is 12.0. The maximum atomic E-state index is 11.4. The Morgan fingerprint density at radius 3 is 2.58 bits per heavy atom. The smallest absolute Gasteiger partial charge is 0.324 e. The van der Waals surface area contributed by atoms with Gasteiger partial charge in [-0.25, -0.2) is 4.79 Å². The molecule has 0 spiro atoms. The summed E-state index contributed by atoms with van der Waals surface area (Å²) >= 11 is 0. The predicted molar refractivity (Wildman–Crippen MR) is 73.9 cm³/mol. The molecule has 3 amide bonds. The van der Waals surface area contributed by atoms with Crippen LogP contribution >= 0.6 is 0 Å². The minimum Gasteiger partial charge on any atom is -0.355 e. The number of urea groups is 1. The van der Waals surface area contributed by atoms with Gasteiger partial charge in [-0.1, -0.05) is 13.8 Å². The lowest BCUT2D eigenvalue weighted by molar-refractivity contribution is -0.124. The standard InChI is InChI=1S/C12H23N5O2/c1-8(2)9(3)16-11(13-4)14-5-6-17-10(18)7-15-12(17)19/h8-9H,5-7H2,1-4H3,(H,15,19)(H2,13,14,16). The Hall–Kier alpha value is -1.79. The van der Waals surface area contributed by atoms with Crippen LogP contribution in [0.2, 0.25) is 0 Å². The molecule has 0 radical (unpaired) electrons. The first kappa shape index (κ1) is 15.3. The van der Waals surface area contributed by atoms with Crippen LogP contribution in [0.5, 0.6) is 0 Å². The second-order valence-electron chi connectivity index (χ2n) is 4.88. The van der Waals surface area contributed by atoms with E-state index in [0.717, 1.165) is 0 Å². The molecule has 0 aromatic rings. The van der Waals surface area contributed by atoms with E-state index in [9.17, 15) is 9.59 Å². The zero-order valence-electron chi connectivity index (χ0n) is 12.0. The van der Waals surface area contributed by atoms with Crippen LogP contribution < -0.4 is 16.0 Å². The molecule has 3 N–H and O–H groups in total. The molecular weight excluding hydrogens is 246 g/mol. The predicted octanol–water partition coefficient (Wildman–Crippen LogP) is -0.252. The molecule has 19 heavy (non-hydrogen) atoms. The highest BCUT2D eigenvalue weighted by molar-refractivity contribution is 6.01. The quantitative estimate of drug-likeness (QED) is 0.365. The number of carbonyl (C=O) groups is 2. The molecule has 0 aromatic heterocycles. The van der Waals surface area contributed by atoms with Gasteiger partial charge in [0.05, 0.1) is 6.54 Å². The molecular formula is C12H23N5O2. The first-order chi connectivity index (χ1) is 8.95. The first-order valence-corrected chi connectivity index (χ1v) is 6.51. The van der Waals surface area contributed by atoms with Gasteiger partial charge in [0, 0.05) is 26.2 Å². The maximum Gasteiger partial charge on any atom is 0.324 e. The van der Waals surface area contributed by atoms with E-state index >= 15 is 0 Å². The fraction of sp³-hybridized carbons (Fsp3) is 0.750. The van der Waals surface area contributed by atoms with Gasteiger partial charge in [-0.05, 0) is 12.8 Å². The van der Waals surface area contributed by atoms with Crippen molar-refractivity contribution in [3.63, 3.8) is 0 Å². The van der Waals surface area contributed by atoms with Crippen LogP contribution in [0.25, 0.3) is 0 Å². The minimum absolute atomic E-state index is 0.0934.